The number of likely N-dealkylation sites (tertiary alicyclic amines) is 1. The van der Waals surface area contributed by atoms with Crippen LogP contribution in [0.5, 0.6) is 0 Å². The number of rotatable bonds is 5. The fourth-order valence-corrected chi connectivity index (χ4v) is 4.93. The predicted octanol–water partition coefficient (Wildman–Crippen LogP) is 4.41. The molecular formula is C24H26N2O3S. The van der Waals surface area contributed by atoms with Crippen molar-refractivity contribution in [2.24, 2.45) is 0 Å². The number of aromatic nitrogens is 1. The lowest BCUT2D eigenvalue weighted by Crippen LogP contribution is -2.41. The SMILES string of the molecule is Cc1ccc(CC(=O)OCC(=O)N2CCC[C@@H](c3nc4ccccc4s3)C2)cc1C. The van der Waals surface area contributed by atoms with Crippen molar-refractivity contribution in [3.8, 4) is 0 Å². The summed E-state index contributed by atoms with van der Waals surface area (Å²) < 4.78 is 6.45. The van der Waals surface area contributed by atoms with Crippen LogP contribution >= 0.6 is 11.3 Å². The lowest BCUT2D eigenvalue weighted by molar-refractivity contribution is -0.152. The Kier molecular flexibility index (Phi) is 6.13. The number of thiazole rings is 1. The van der Waals surface area contributed by atoms with Gasteiger partial charge in [-0.05, 0) is 55.5 Å². The Morgan fingerprint density at radius 2 is 2.00 bits per heavy atom. The fourth-order valence-electron chi connectivity index (χ4n) is 3.83. The number of esters is 1. The zero-order valence-corrected chi connectivity index (χ0v) is 18.2. The van der Waals surface area contributed by atoms with E-state index in [1.165, 1.54) is 10.3 Å². The molecule has 30 heavy (non-hydrogen) atoms. The molecule has 0 bridgehead atoms. The number of aryl methyl sites for hydroxylation is 2. The Morgan fingerprint density at radius 1 is 1.17 bits per heavy atom. The van der Waals surface area contributed by atoms with E-state index in [1.54, 1.807) is 11.3 Å². The molecule has 2 aromatic carbocycles. The van der Waals surface area contributed by atoms with E-state index >= 15 is 0 Å². The average molecular weight is 423 g/mol. The number of carbonyl (C=O) groups excluding carboxylic acids is 2. The number of benzene rings is 2. The summed E-state index contributed by atoms with van der Waals surface area (Å²) in [6, 6.07) is 14.0. The second-order valence-electron chi connectivity index (χ2n) is 7.95. The largest absolute Gasteiger partial charge is 0.455 e. The summed E-state index contributed by atoms with van der Waals surface area (Å²) in [6.07, 6.45) is 2.14. The first-order valence-electron chi connectivity index (χ1n) is 10.3. The van der Waals surface area contributed by atoms with Crippen LogP contribution in [-0.4, -0.2) is 41.5 Å². The smallest absolute Gasteiger partial charge is 0.310 e. The Labute approximate surface area is 180 Å². The van der Waals surface area contributed by atoms with Crippen LogP contribution in [0.15, 0.2) is 42.5 Å². The number of hydrogen-bond donors (Lipinski definition) is 0. The lowest BCUT2D eigenvalue weighted by Gasteiger charge is -2.31. The molecule has 3 aromatic rings. The van der Waals surface area contributed by atoms with Crippen molar-refractivity contribution in [3.05, 3.63) is 64.2 Å². The number of nitrogens with zero attached hydrogens (tertiary/aromatic N) is 2. The van der Waals surface area contributed by atoms with Crippen molar-refractivity contribution in [1.82, 2.24) is 9.88 Å². The van der Waals surface area contributed by atoms with E-state index in [9.17, 15) is 9.59 Å². The molecule has 2 heterocycles. The van der Waals surface area contributed by atoms with Gasteiger partial charge in [0.25, 0.3) is 5.91 Å². The molecule has 0 saturated carbocycles. The molecule has 1 aromatic heterocycles. The summed E-state index contributed by atoms with van der Waals surface area (Å²) in [7, 11) is 0. The molecule has 0 spiro atoms. The highest BCUT2D eigenvalue weighted by Crippen LogP contribution is 2.32. The Balaban J connectivity index is 1.31. The summed E-state index contributed by atoms with van der Waals surface area (Å²) in [5.74, 6) is -0.257. The van der Waals surface area contributed by atoms with Gasteiger partial charge in [0.2, 0.25) is 0 Å². The number of carbonyl (C=O) groups is 2. The summed E-state index contributed by atoms with van der Waals surface area (Å²) >= 11 is 1.70. The summed E-state index contributed by atoms with van der Waals surface area (Å²) in [5, 5.41) is 1.08. The molecule has 4 rings (SSSR count). The highest BCUT2D eigenvalue weighted by molar-refractivity contribution is 7.18. The van der Waals surface area contributed by atoms with Gasteiger partial charge in [-0.1, -0.05) is 30.3 Å². The minimum atomic E-state index is -0.369. The minimum absolute atomic E-state index is 0.130. The summed E-state index contributed by atoms with van der Waals surface area (Å²) in [4.78, 5) is 31.4. The minimum Gasteiger partial charge on any atom is -0.455 e. The number of fused-ring (bicyclic) bond motifs is 1. The molecule has 0 radical (unpaired) electrons. The quantitative estimate of drug-likeness (QED) is 0.572. The monoisotopic (exact) mass is 422 g/mol. The normalized spacial score (nSPS) is 16.6. The fraction of sp³-hybridized carbons (Fsp3) is 0.375. The van der Waals surface area contributed by atoms with E-state index in [1.807, 2.05) is 55.1 Å². The van der Waals surface area contributed by atoms with E-state index in [-0.39, 0.29) is 30.8 Å². The van der Waals surface area contributed by atoms with E-state index in [2.05, 4.69) is 6.07 Å². The van der Waals surface area contributed by atoms with Crippen LogP contribution in [0.4, 0.5) is 0 Å². The zero-order chi connectivity index (χ0) is 21.1. The molecular weight excluding hydrogens is 396 g/mol. The molecule has 1 aliphatic heterocycles. The van der Waals surface area contributed by atoms with E-state index in [0.717, 1.165) is 34.5 Å². The first kappa shape index (κ1) is 20.5. The van der Waals surface area contributed by atoms with Gasteiger partial charge in [0.15, 0.2) is 6.61 Å². The first-order chi connectivity index (χ1) is 14.5. The van der Waals surface area contributed by atoms with Crippen molar-refractivity contribution in [2.75, 3.05) is 19.7 Å². The Morgan fingerprint density at radius 3 is 2.80 bits per heavy atom. The number of ether oxygens (including phenoxy) is 1. The van der Waals surface area contributed by atoms with Gasteiger partial charge in [-0.2, -0.15) is 0 Å². The second-order valence-corrected chi connectivity index (χ2v) is 9.02. The van der Waals surface area contributed by atoms with Crippen molar-refractivity contribution in [3.63, 3.8) is 0 Å². The van der Waals surface area contributed by atoms with Gasteiger partial charge in [0, 0.05) is 19.0 Å². The number of piperidine rings is 1. The molecule has 0 unspecified atom stereocenters. The maximum absolute atomic E-state index is 12.6. The molecule has 1 saturated heterocycles. The molecule has 1 atom stereocenters. The van der Waals surface area contributed by atoms with Crippen LogP contribution in [-0.2, 0) is 20.7 Å². The molecule has 156 valence electrons. The van der Waals surface area contributed by atoms with Crippen molar-refractivity contribution in [1.29, 1.82) is 0 Å². The number of para-hydroxylation sites is 1. The van der Waals surface area contributed by atoms with Crippen molar-refractivity contribution < 1.29 is 14.3 Å². The van der Waals surface area contributed by atoms with Crippen LogP contribution in [0.3, 0.4) is 0 Å². The number of hydrogen-bond acceptors (Lipinski definition) is 5. The standard InChI is InChI=1S/C24H26N2O3S/c1-16-9-10-18(12-17(16)2)13-23(28)29-15-22(27)26-11-5-6-19(14-26)24-25-20-7-3-4-8-21(20)30-24/h3-4,7-10,12,19H,5-6,11,13-15H2,1-2H3/t19-/m1/s1. The highest BCUT2D eigenvalue weighted by atomic mass is 32.1. The zero-order valence-electron chi connectivity index (χ0n) is 17.4. The maximum Gasteiger partial charge on any atom is 0.310 e. The van der Waals surface area contributed by atoms with Gasteiger partial charge in [-0.15, -0.1) is 11.3 Å². The van der Waals surface area contributed by atoms with Crippen molar-refractivity contribution in [2.45, 2.75) is 39.0 Å². The van der Waals surface area contributed by atoms with Gasteiger partial charge < -0.3 is 9.64 Å². The predicted molar refractivity (Wildman–Crippen MR) is 119 cm³/mol. The summed E-state index contributed by atoms with van der Waals surface area (Å²) in [5.41, 5.74) is 4.26. The Hall–Kier alpha value is -2.73. The third-order valence-electron chi connectivity index (χ3n) is 5.71. The Bertz CT molecular complexity index is 1040. The van der Waals surface area contributed by atoms with Gasteiger partial charge in [-0.3, -0.25) is 9.59 Å². The van der Waals surface area contributed by atoms with Crippen LogP contribution in [0.1, 0.15) is 40.5 Å². The van der Waals surface area contributed by atoms with Crippen molar-refractivity contribution >= 4 is 33.4 Å². The molecule has 5 nitrogen and oxygen atoms in total. The topological polar surface area (TPSA) is 59.5 Å². The van der Waals surface area contributed by atoms with Crippen LogP contribution in [0.25, 0.3) is 10.2 Å². The second kappa shape index (κ2) is 8.96. The molecule has 1 aliphatic rings. The first-order valence-corrected chi connectivity index (χ1v) is 11.2. The van der Waals surface area contributed by atoms with E-state index < -0.39 is 0 Å². The van der Waals surface area contributed by atoms with Crippen LogP contribution in [0.2, 0.25) is 0 Å². The van der Waals surface area contributed by atoms with Crippen LogP contribution in [0, 0.1) is 13.8 Å². The van der Waals surface area contributed by atoms with Gasteiger partial charge >= 0.3 is 5.97 Å². The van der Waals surface area contributed by atoms with Gasteiger partial charge in [0.1, 0.15) is 0 Å². The molecule has 0 aliphatic carbocycles. The van der Waals surface area contributed by atoms with Crippen LogP contribution < -0.4 is 0 Å². The summed E-state index contributed by atoms with van der Waals surface area (Å²) in [6.45, 7) is 5.20. The maximum atomic E-state index is 12.6. The molecule has 1 amide bonds. The highest BCUT2D eigenvalue weighted by Gasteiger charge is 2.27. The lowest BCUT2D eigenvalue weighted by atomic mass is 9.99. The third-order valence-corrected chi connectivity index (χ3v) is 6.91. The number of amides is 1. The van der Waals surface area contributed by atoms with Gasteiger partial charge in [0.05, 0.1) is 21.6 Å². The molecule has 1 fully saturated rings. The average Bonchev–Trinajstić information content (AvgIpc) is 3.19. The molecule has 6 heteroatoms. The van der Waals surface area contributed by atoms with E-state index in [4.69, 9.17) is 9.72 Å². The van der Waals surface area contributed by atoms with Gasteiger partial charge in [-0.25, -0.2) is 4.98 Å². The van der Waals surface area contributed by atoms with E-state index in [0.29, 0.717) is 13.1 Å². The third kappa shape index (κ3) is 4.70. The molecule has 0 N–H and O–H groups in total.